The smallest absolute Gasteiger partial charge is 0.545 e. The molecule has 2 rings (SSSR count). The topological polar surface area (TPSA) is 217 Å². The average Bonchev–Trinajstić information content (AvgIpc) is 2.67. The molecule has 0 unspecified atom stereocenters. The van der Waals surface area contributed by atoms with Gasteiger partial charge < -0.3 is 19.8 Å². The Morgan fingerprint density at radius 3 is 1.03 bits per heavy atom. The van der Waals surface area contributed by atoms with Gasteiger partial charge in [0, 0.05) is 25.7 Å². The molecule has 0 aromatic rings. The van der Waals surface area contributed by atoms with Gasteiger partial charge in [-0.3, -0.25) is 0 Å². The fraction of sp³-hybridized carbons (Fsp3) is 0.286. The van der Waals surface area contributed by atoms with E-state index < -0.39 is 53.1 Å². The second-order valence-corrected chi connectivity index (χ2v) is 9.65. The summed E-state index contributed by atoms with van der Waals surface area (Å²) in [5, 5.41) is 21.0. The molecule has 0 aliphatic heterocycles. The van der Waals surface area contributed by atoms with Gasteiger partial charge in [0.15, 0.2) is 0 Å². The van der Waals surface area contributed by atoms with Crippen LogP contribution in [-0.4, -0.2) is 65.1 Å². The van der Waals surface area contributed by atoms with E-state index in [4.69, 9.17) is 0 Å². The van der Waals surface area contributed by atoms with Crippen molar-refractivity contribution in [2.45, 2.75) is 25.7 Å². The molecule has 0 saturated heterocycles. The number of carbonyl (C=O) groups excluding carboxylic acids is 2. The molecule has 12 nitrogen and oxygen atoms in total. The zero-order chi connectivity index (χ0) is 23.2. The van der Waals surface area contributed by atoms with Gasteiger partial charge in [-0.1, -0.05) is 0 Å². The van der Waals surface area contributed by atoms with Gasteiger partial charge in [-0.2, -0.15) is 33.7 Å². The van der Waals surface area contributed by atoms with Crippen molar-refractivity contribution in [3.05, 3.63) is 23.3 Å². The molecule has 0 N–H and O–H groups in total. The summed E-state index contributed by atoms with van der Waals surface area (Å²) in [6.45, 7) is 0. The summed E-state index contributed by atoms with van der Waals surface area (Å²) in [5.41, 5.74) is -0.695. The van der Waals surface area contributed by atoms with E-state index in [2.05, 4.69) is 0 Å². The van der Waals surface area contributed by atoms with Crippen LogP contribution < -0.4 is 69.3 Å². The molecule has 0 spiro atoms. The van der Waals surface area contributed by atoms with Crippen molar-refractivity contribution in [3.63, 3.8) is 0 Å². The maximum absolute atomic E-state index is 10.6. The maximum atomic E-state index is 10.6. The Bertz CT molecular complexity index is 1290. The molecule has 0 bridgehead atoms. The summed E-state index contributed by atoms with van der Waals surface area (Å²) >= 11 is 0. The molecule has 0 fully saturated rings. The first kappa shape index (κ1) is 33.4. The zero-order valence-corrected chi connectivity index (χ0v) is 23.8. The van der Waals surface area contributed by atoms with Crippen LogP contribution in [-0.2, 0) is 50.8 Å². The Labute approximate surface area is 231 Å². The van der Waals surface area contributed by atoms with E-state index in [9.17, 15) is 53.5 Å². The van der Waals surface area contributed by atoms with Crippen molar-refractivity contribution < 1.29 is 113 Å². The van der Waals surface area contributed by atoms with Crippen LogP contribution >= 0.6 is 0 Å². The Hall–Kier alpha value is -0.820. The number of allylic oxidation sites excluding steroid dienone is 2. The van der Waals surface area contributed by atoms with Crippen LogP contribution in [0.5, 0.6) is 0 Å². The van der Waals surface area contributed by atoms with Crippen LogP contribution in [0.2, 0.25) is 0 Å². The Kier molecular flexibility index (Phi) is 15.8. The average molecular weight is 544 g/mol. The van der Waals surface area contributed by atoms with E-state index in [0.29, 0.717) is 0 Å². The quantitative estimate of drug-likeness (QED) is 0.234. The minimum Gasteiger partial charge on any atom is -0.545 e. The van der Waals surface area contributed by atoms with Gasteiger partial charge in [0.2, 0.25) is 41.2 Å². The molecular weight excluding hydrogens is 534 g/mol. The van der Waals surface area contributed by atoms with Crippen molar-refractivity contribution in [2.24, 2.45) is 0 Å². The molecule has 0 aromatic carbocycles. The van der Waals surface area contributed by atoms with Crippen molar-refractivity contribution in [1.82, 2.24) is 0 Å². The maximum Gasteiger partial charge on any atom is 1.00 e. The zero-order valence-electron chi connectivity index (χ0n) is 16.5. The number of rotatable bonds is 2. The minimum atomic E-state index is -2.62. The van der Waals surface area contributed by atoms with Crippen LogP contribution in [0.4, 0.5) is 0 Å². The van der Waals surface area contributed by atoms with Crippen LogP contribution in [0.3, 0.4) is 0 Å². The van der Waals surface area contributed by atoms with Crippen LogP contribution in [0.25, 0.3) is 0 Å². The van der Waals surface area contributed by atoms with Crippen LogP contribution in [0, 0.1) is 0 Å². The molecule has 0 heterocycles. The number of carbonyl (C=O) groups is 2. The number of aliphatic carboxylic acids is 2. The van der Waals surface area contributed by atoms with Crippen LogP contribution in [0.1, 0.15) is 25.7 Å². The second kappa shape index (κ2) is 15.2. The molecule has 32 heavy (non-hydrogen) atoms. The first-order valence-corrected chi connectivity index (χ1v) is 11.7. The Balaban J connectivity index is 0. The number of hydrogen-bond acceptors (Lipinski definition) is 12. The molecule has 164 valence electrons. The SMILES string of the molecule is O=C([O-])C1=CC(=S(=O)=O)CC(=S(=O)=O)C1.O=C([O-])C1=CC(=S(=O)=O)CC(=S(=O)=O)C1.[Na+].[Na+]. The normalized spacial score (nSPS) is 14.9. The summed E-state index contributed by atoms with van der Waals surface area (Å²) in [5.74, 6) is -3.14. The van der Waals surface area contributed by atoms with Gasteiger partial charge in [-0.15, -0.1) is 0 Å². The van der Waals surface area contributed by atoms with Crippen molar-refractivity contribution in [1.29, 1.82) is 0 Å². The van der Waals surface area contributed by atoms with E-state index in [1.54, 1.807) is 0 Å². The molecule has 2 aliphatic rings. The van der Waals surface area contributed by atoms with E-state index in [-0.39, 0.29) is 115 Å². The molecule has 0 saturated carbocycles. The van der Waals surface area contributed by atoms with Gasteiger partial charge in [0.05, 0.1) is 31.4 Å². The first-order chi connectivity index (χ1) is 13.8. The number of hydrogen-bond donors (Lipinski definition) is 0. The molecule has 0 amide bonds. The van der Waals surface area contributed by atoms with Crippen LogP contribution in [0.15, 0.2) is 23.3 Å². The fourth-order valence-corrected chi connectivity index (χ4v) is 4.58. The van der Waals surface area contributed by atoms with E-state index in [0.717, 1.165) is 12.2 Å². The van der Waals surface area contributed by atoms with Crippen molar-refractivity contribution >= 4 is 72.6 Å². The molecule has 2 aliphatic carbocycles. The number of carboxylic acids is 2. The summed E-state index contributed by atoms with van der Waals surface area (Å²) in [6, 6.07) is 0. The third kappa shape index (κ3) is 10.4. The molecule has 18 heteroatoms. The molecule has 0 aromatic heterocycles. The second-order valence-electron chi connectivity index (χ2n) is 5.57. The molecule has 0 atom stereocenters. The van der Waals surface area contributed by atoms with Crippen molar-refractivity contribution in [2.75, 3.05) is 0 Å². The standard InChI is InChI=1S/2C7H6O6S2.2Na/c2*8-7(9)4-1-5(14(10)11)3-6(2-4)15(12)13;;/h2*1H,2-3H2,(H,8,9);;/q;;2*+1/p-2. The van der Waals surface area contributed by atoms with E-state index in [1.807, 2.05) is 0 Å². The van der Waals surface area contributed by atoms with E-state index >= 15 is 0 Å². The Morgan fingerprint density at radius 2 is 0.844 bits per heavy atom. The summed E-state index contributed by atoms with van der Waals surface area (Å²) in [4.78, 5) is 20.1. The van der Waals surface area contributed by atoms with Gasteiger partial charge in [-0.25, -0.2) is 0 Å². The molecular formula is C14H10Na2O12S4. The van der Waals surface area contributed by atoms with Gasteiger partial charge in [0.25, 0.3) is 0 Å². The number of carboxylic acid groups (broad SMARTS) is 2. The predicted octanol–water partition coefficient (Wildman–Crippen LogP) is -10.9. The fourth-order valence-electron chi connectivity index (χ4n) is 2.24. The van der Waals surface area contributed by atoms with Gasteiger partial charge in [-0.05, 0) is 23.3 Å². The molecule has 0 radical (unpaired) electrons. The minimum absolute atomic E-state index is 0. The third-order valence-electron chi connectivity index (χ3n) is 3.61. The van der Waals surface area contributed by atoms with Gasteiger partial charge >= 0.3 is 59.1 Å². The van der Waals surface area contributed by atoms with E-state index in [1.165, 1.54) is 0 Å². The monoisotopic (exact) mass is 544 g/mol. The third-order valence-corrected chi connectivity index (χ3v) is 6.51. The van der Waals surface area contributed by atoms with Crippen molar-refractivity contribution in [3.8, 4) is 0 Å². The summed E-state index contributed by atoms with van der Waals surface area (Å²) in [6.07, 6.45) is 0.688. The van der Waals surface area contributed by atoms with Gasteiger partial charge in [0.1, 0.15) is 0 Å². The Morgan fingerprint density at radius 1 is 0.562 bits per heavy atom. The summed E-state index contributed by atoms with van der Waals surface area (Å²) < 4.78 is 84.7. The summed E-state index contributed by atoms with van der Waals surface area (Å²) in [7, 11) is -10.4. The largest absolute Gasteiger partial charge is 1.00 e. The first-order valence-electron chi connectivity index (χ1n) is 7.45. The predicted molar refractivity (Wildman–Crippen MR) is 100 cm³/mol.